The number of phenolic OH excluding ortho intramolecular Hbond substituents is 1. The zero-order valence-electron chi connectivity index (χ0n) is 15.8. The highest BCUT2D eigenvalue weighted by atomic mass is 32.2. The summed E-state index contributed by atoms with van der Waals surface area (Å²) >= 11 is 0. The average molecular weight is 457 g/mol. The van der Waals surface area contributed by atoms with Crippen LogP contribution in [0, 0.1) is 0 Å². The minimum atomic E-state index is -5.05. The van der Waals surface area contributed by atoms with Gasteiger partial charge in [-0.05, 0) is 36.1 Å². The molecule has 0 radical (unpaired) electrons. The Hall–Kier alpha value is -3.41. The van der Waals surface area contributed by atoms with E-state index in [9.17, 15) is 36.6 Å². The summed E-state index contributed by atoms with van der Waals surface area (Å²) in [6.07, 6.45) is -4.15. The molecular formula is C19H18F3N3O5S. The summed E-state index contributed by atoms with van der Waals surface area (Å²) in [4.78, 5) is 11.5. The van der Waals surface area contributed by atoms with Gasteiger partial charge in [-0.25, -0.2) is 9.03 Å². The molecule has 3 rings (SSSR count). The minimum absolute atomic E-state index is 0.0589. The third kappa shape index (κ3) is 5.40. The summed E-state index contributed by atoms with van der Waals surface area (Å²) in [5.74, 6) is -3.19. The Bertz CT molecular complexity index is 1100. The van der Waals surface area contributed by atoms with Crippen LogP contribution < -0.4 is 14.3 Å². The molecule has 4 N–H and O–H groups in total. The lowest BCUT2D eigenvalue weighted by Crippen LogP contribution is -2.45. The number of aliphatic hydroxyl groups excluding tert-OH is 1. The topological polar surface area (TPSA) is 119 Å². The number of rotatable bonds is 6. The van der Waals surface area contributed by atoms with Gasteiger partial charge in [0.25, 0.3) is 0 Å². The number of halogens is 3. The van der Waals surface area contributed by atoms with Crippen LogP contribution >= 0.6 is 0 Å². The predicted octanol–water partition coefficient (Wildman–Crippen LogP) is 2.24. The van der Waals surface area contributed by atoms with Crippen LogP contribution in [0.4, 0.5) is 18.9 Å². The van der Waals surface area contributed by atoms with Crippen LogP contribution in [-0.4, -0.2) is 36.8 Å². The number of carbonyl (C=O) groups is 1. The lowest BCUT2D eigenvalue weighted by Gasteiger charge is -2.21. The van der Waals surface area contributed by atoms with Crippen LogP contribution in [0.15, 0.2) is 60.6 Å². The molecule has 2 aromatic carbocycles. The Morgan fingerprint density at radius 3 is 2.26 bits per heavy atom. The van der Waals surface area contributed by atoms with Crippen LogP contribution in [0.3, 0.4) is 0 Å². The number of nitrogens with zero attached hydrogens (tertiary/aromatic N) is 1. The van der Waals surface area contributed by atoms with Crippen LogP contribution in [0.2, 0.25) is 0 Å². The van der Waals surface area contributed by atoms with Crippen molar-refractivity contribution in [3.05, 3.63) is 71.7 Å². The zero-order valence-corrected chi connectivity index (χ0v) is 16.6. The molecule has 1 unspecified atom stereocenters. The Labute approximate surface area is 175 Å². The molecule has 12 heteroatoms. The van der Waals surface area contributed by atoms with E-state index in [4.69, 9.17) is 0 Å². The smallest absolute Gasteiger partial charge is 0.471 e. The number of aromatic hydroxyl groups is 1. The van der Waals surface area contributed by atoms with E-state index in [-0.39, 0.29) is 18.5 Å². The average Bonchev–Trinajstić information content (AvgIpc) is 2.93. The fraction of sp³-hybridized carbons (Fsp3) is 0.211. The van der Waals surface area contributed by atoms with Crippen molar-refractivity contribution in [3.63, 3.8) is 0 Å². The predicted molar refractivity (Wildman–Crippen MR) is 105 cm³/mol. The van der Waals surface area contributed by atoms with E-state index >= 15 is 0 Å². The number of anilines is 1. The van der Waals surface area contributed by atoms with Gasteiger partial charge in [-0.15, -0.1) is 0 Å². The second-order valence-corrected chi connectivity index (χ2v) is 8.35. The molecule has 1 amide bonds. The number of alkyl halides is 3. The first-order valence-electron chi connectivity index (χ1n) is 8.92. The van der Waals surface area contributed by atoms with Crippen molar-refractivity contribution in [1.82, 2.24) is 10.0 Å². The van der Waals surface area contributed by atoms with Crippen molar-refractivity contribution in [2.75, 3.05) is 4.31 Å². The highest BCUT2D eigenvalue weighted by Gasteiger charge is 2.39. The van der Waals surface area contributed by atoms with Gasteiger partial charge < -0.3 is 15.5 Å². The molecule has 0 saturated carbocycles. The van der Waals surface area contributed by atoms with Crippen LogP contribution in [0.25, 0.3) is 0 Å². The summed E-state index contributed by atoms with van der Waals surface area (Å²) in [5.41, 5.74) is 0.896. The van der Waals surface area contributed by atoms with E-state index < -0.39 is 40.0 Å². The van der Waals surface area contributed by atoms with Gasteiger partial charge in [0.1, 0.15) is 11.4 Å². The minimum Gasteiger partial charge on any atom is -0.506 e. The van der Waals surface area contributed by atoms with E-state index in [1.165, 1.54) is 18.2 Å². The van der Waals surface area contributed by atoms with Crippen molar-refractivity contribution >= 4 is 21.8 Å². The van der Waals surface area contributed by atoms with E-state index in [1.807, 2.05) is 10.0 Å². The number of hydrogen-bond donors (Lipinski definition) is 4. The second-order valence-electron chi connectivity index (χ2n) is 6.80. The van der Waals surface area contributed by atoms with Crippen molar-refractivity contribution in [2.24, 2.45) is 0 Å². The highest BCUT2D eigenvalue weighted by molar-refractivity contribution is 7.91. The number of carbonyl (C=O) groups excluding carboxylic acids is 1. The Kier molecular flexibility index (Phi) is 6.02. The first kappa shape index (κ1) is 22.3. The number of amides is 1. The molecule has 1 heterocycles. The van der Waals surface area contributed by atoms with Crippen LogP contribution in [0.1, 0.15) is 11.1 Å². The molecule has 0 aromatic heterocycles. The number of nitrogens with one attached hydrogen (secondary N) is 2. The van der Waals surface area contributed by atoms with Crippen molar-refractivity contribution < 1.29 is 36.6 Å². The third-order valence-corrected chi connectivity index (χ3v) is 5.70. The van der Waals surface area contributed by atoms with E-state index in [0.717, 1.165) is 6.20 Å². The fourth-order valence-corrected chi connectivity index (χ4v) is 4.16. The van der Waals surface area contributed by atoms with Gasteiger partial charge in [0.05, 0.1) is 6.20 Å². The maximum absolute atomic E-state index is 12.7. The molecular weight excluding hydrogens is 439 g/mol. The third-order valence-electron chi connectivity index (χ3n) is 4.41. The largest absolute Gasteiger partial charge is 0.506 e. The molecule has 0 saturated heterocycles. The van der Waals surface area contributed by atoms with Crippen molar-refractivity contribution in [3.8, 4) is 5.75 Å². The molecule has 166 valence electrons. The first-order valence-corrected chi connectivity index (χ1v) is 10.4. The molecule has 1 aliphatic heterocycles. The lowest BCUT2D eigenvalue weighted by molar-refractivity contribution is -0.174. The van der Waals surface area contributed by atoms with Crippen LogP contribution in [0.5, 0.6) is 5.75 Å². The van der Waals surface area contributed by atoms with Gasteiger partial charge in [0.2, 0.25) is 5.88 Å². The molecule has 1 aliphatic rings. The molecule has 31 heavy (non-hydrogen) atoms. The van der Waals surface area contributed by atoms with Gasteiger partial charge in [-0.2, -0.15) is 21.6 Å². The monoisotopic (exact) mass is 457 g/mol. The lowest BCUT2D eigenvalue weighted by atomic mass is 9.98. The summed E-state index contributed by atoms with van der Waals surface area (Å²) in [5, 5.41) is 21.6. The van der Waals surface area contributed by atoms with Gasteiger partial charge in [-0.1, -0.05) is 36.4 Å². The van der Waals surface area contributed by atoms with E-state index in [1.54, 1.807) is 30.3 Å². The number of benzene rings is 2. The summed E-state index contributed by atoms with van der Waals surface area (Å²) < 4.78 is 64.5. The molecule has 0 fully saturated rings. The molecule has 2 aromatic rings. The van der Waals surface area contributed by atoms with Crippen molar-refractivity contribution in [2.45, 2.75) is 25.1 Å². The maximum Gasteiger partial charge on any atom is 0.471 e. The van der Waals surface area contributed by atoms with Crippen LogP contribution in [-0.2, 0) is 27.8 Å². The Balaban J connectivity index is 1.83. The van der Waals surface area contributed by atoms with Crippen molar-refractivity contribution in [1.29, 1.82) is 0 Å². The molecule has 0 spiro atoms. The SMILES string of the molecule is O=C(NC(Cc1ccccc1)Cc1ccc(N2C=C(O)NS2(=O)=O)c(O)c1)C(F)(F)F. The van der Waals surface area contributed by atoms with E-state index in [2.05, 4.69) is 0 Å². The number of phenols is 1. The van der Waals surface area contributed by atoms with Gasteiger partial charge in [-0.3, -0.25) is 4.79 Å². The molecule has 0 aliphatic carbocycles. The fourth-order valence-electron chi connectivity index (χ4n) is 3.09. The molecule has 0 bridgehead atoms. The first-order chi connectivity index (χ1) is 14.5. The Morgan fingerprint density at radius 2 is 1.71 bits per heavy atom. The Morgan fingerprint density at radius 1 is 1.06 bits per heavy atom. The maximum atomic E-state index is 12.7. The number of aliphatic hydroxyl groups is 1. The zero-order chi connectivity index (χ0) is 22.8. The molecule has 1 atom stereocenters. The quantitative estimate of drug-likeness (QED) is 0.531. The summed E-state index contributed by atoms with van der Waals surface area (Å²) in [7, 11) is -4.12. The second kappa shape index (κ2) is 8.38. The van der Waals surface area contributed by atoms with Gasteiger partial charge >= 0.3 is 22.3 Å². The van der Waals surface area contributed by atoms with E-state index in [0.29, 0.717) is 15.4 Å². The van der Waals surface area contributed by atoms with Gasteiger partial charge in [0, 0.05) is 6.04 Å². The highest BCUT2D eigenvalue weighted by Crippen LogP contribution is 2.33. The summed E-state index contributed by atoms with van der Waals surface area (Å²) in [6, 6.07) is 11.5. The standard InChI is InChI=1S/C19H18F3N3O5S/c20-19(21,22)18(28)23-14(8-12-4-2-1-3-5-12)9-13-6-7-15(16(26)10-13)25-11-17(27)24-31(25,29)30/h1-7,10-11,14,24,26-27H,8-9H2,(H,23,28). The normalized spacial score (nSPS) is 16.4. The number of hydrogen-bond acceptors (Lipinski definition) is 5. The van der Waals surface area contributed by atoms with Gasteiger partial charge in [0.15, 0.2) is 0 Å². The summed E-state index contributed by atoms with van der Waals surface area (Å²) in [6.45, 7) is 0. The molecule has 8 nitrogen and oxygen atoms in total.